The van der Waals surface area contributed by atoms with Crippen molar-refractivity contribution >= 4 is 35.7 Å². The van der Waals surface area contributed by atoms with Gasteiger partial charge in [0.2, 0.25) is 6.21 Å². The van der Waals surface area contributed by atoms with E-state index in [9.17, 15) is 5.21 Å². The molecule has 0 amide bonds. The minimum Gasteiger partial charge on any atom is -0.623 e. The summed E-state index contributed by atoms with van der Waals surface area (Å²) in [6.45, 7) is 5.54. The molecule has 0 saturated heterocycles. The molecule has 0 aliphatic carbocycles. The number of ether oxygens (including phenoxy) is 1. The van der Waals surface area contributed by atoms with E-state index >= 15 is 0 Å². The van der Waals surface area contributed by atoms with Crippen molar-refractivity contribution < 1.29 is 13.9 Å². The molecule has 0 spiro atoms. The lowest BCUT2D eigenvalue weighted by Crippen LogP contribution is -2.29. The van der Waals surface area contributed by atoms with E-state index in [1.807, 2.05) is 51.1 Å². The maximum atomic E-state index is 11.9. The van der Waals surface area contributed by atoms with E-state index in [1.54, 1.807) is 6.07 Å². The Balaban J connectivity index is 2.07. The van der Waals surface area contributed by atoms with Gasteiger partial charge in [0, 0.05) is 25.7 Å². The van der Waals surface area contributed by atoms with Gasteiger partial charge in [0.15, 0.2) is 21.9 Å². The zero-order valence-electron chi connectivity index (χ0n) is 12.6. The fourth-order valence-electron chi connectivity index (χ4n) is 1.53. The van der Waals surface area contributed by atoms with Crippen LogP contribution < -0.4 is 4.74 Å². The Labute approximate surface area is 139 Å². The summed E-state index contributed by atoms with van der Waals surface area (Å²) < 4.78 is 11.6. The molecule has 0 N–H and O–H groups in total. The third-order valence-corrected chi connectivity index (χ3v) is 3.76. The fraction of sp³-hybridized carbons (Fsp3) is 0.250. The first kappa shape index (κ1) is 16.6. The summed E-state index contributed by atoms with van der Waals surface area (Å²) in [6.07, 6.45) is 1.46. The van der Waals surface area contributed by atoms with E-state index < -0.39 is 5.54 Å². The second-order valence-electron chi connectivity index (χ2n) is 5.57. The van der Waals surface area contributed by atoms with Gasteiger partial charge in [-0.3, -0.25) is 0 Å². The van der Waals surface area contributed by atoms with Crippen molar-refractivity contribution in [3.8, 4) is 5.75 Å². The zero-order valence-corrected chi connectivity index (χ0v) is 14.2. The molecule has 4 nitrogen and oxygen atoms in total. The number of hydroxylamine groups is 1. The molecule has 1 heterocycles. The van der Waals surface area contributed by atoms with Crippen LogP contribution in [0.4, 0.5) is 0 Å². The fourth-order valence-corrected chi connectivity index (χ4v) is 2.42. The summed E-state index contributed by atoms with van der Waals surface area (Å²) in [5.74, 6) is 1.23. The van der Waals surface area contributed by atoms with Gasteiger partial charge in [0.1, 0.15) is 5.75 Å². The van der Waals surface area contributed by atoms with Crippen LogP contribution >= 0.6 is 24.0 Å². The van der Waals surface area contributed by atoms with Gasteiger partial charge >= 0.3 is 0 Å². The van der Waals surface area contributed by atoms with Crippen LogP contribution in [0.15, 0.2) is 50.8 Å². The van der Waals surface area contributed by atoms with E-state index in [1.165, 1.54) is 23.5 Å². The highest BCUT2D eigenvalue weighted by Crippen LogP contribution is 2.30. The van der Waals surface area contributed by atoms with Gasteiger partial charge in [-0.1, -0.05) is 11.8 Å². The Bertz CT molecular complexity index is 669. The van der Waals surface area contributed by atoms with Crippen molar-refractivity contribution in [1.82, 2.24) is 0 Å². The topological polar surface area (TPSA) is 48.4 Å². The molecule has 0 bridgehead atoms. The average Bonchev–Trinajstić information content (AvgIpc) is 2.87. The Morgan fingerprint density at radius 1 is 1.18 bits per heavy atom. The normalized spacial score (nSPS) is 12.2. The molecule has 6 heteroatoms. The van der Waals surface area contributed by atoms with E-state index in [4.69, 9.17) is 9.15 Å². The van der Waals surface area contributed by atoms with Crippen LogP contribution in [0.3, 0.4) is 0 Å². The minimum absolute atomic E-state index is 0.488. The zero-order chi connectivity index (χ0) is 16.2. The van der Waals surface area contributed by atoms with Crippen molar-refractivity contribution in [3.05, 3.63) is 47.4 Å². The molecule has 0 aliphatic rings. The third-order valence-electron chi connectivity index (χ3n) is 2.73. The number of thiocarbonyl (C=S) groups is 1. The van der Waals surface area contributed by atoms with Crippen molar-refractivity contribution in [1.29, 1.82) is 0 Å². The van der Waals surface area contributed by atoms with E-state index in [0.29, 0.717) is 11.5 Å². The molecule has 2 rings (SSSR count). The van der Waals surface area contributed by atoms with Gasteiger partial charge in [-0.2, -0.15) is 0 Å². The van der Waals surface area contributed by atoms with E-state index in [2.05, 4.69) is 12.2 Å². The predicted molar refractivity (Wildman–Crippen MR) is 92.1 cm³/mol. The van der Waals surface area contributed by atoms with Gasteiger partial charge in [-0.25, -0.2) is 4.74 Å². The lowest BCUT2D eigenvalue weighted by Gasteiger charge is -2.17. The molecule has 1 aromatic carbocycles. The first-order valence-corrected chi connectivity index (χ1v) is 7.97. The van der Waals surface area contributed by atoms with Crippen molar-refractivity contribution in [2.75, 3.05) is 0 Å². The molecule has 0 saturated carbocycles. The second kappa shape index (κ2) is 6.98. The number of benzene rings is 1. The quantitative estimate of drug-likeness (QED) is 0.265. The van der Waals surface area contributed by atoms with E-state index in [-0.39, 0.29) is 0 Å². The monoisotopic (exact) mass is 335 g/mol. The summed E-state index contributed by atoms with van der Waals surface area (Å²) in [4.78, 5) is 1.01. The Kier molecular flexibility index (Phi) is 5.26. The Hall–Kier alpha value is -1.79. The molecule has 1 aromatic heterocycles. The number of rotatable bonds is 5. The summed E-state index contributed by atoms with van der Waals surface area (Å²) >= 11 is 6.11. The predicted octanol–water partition coefficient (Wildman–Crippen LogP) is 4.49. The first-order chi connectivity index (χ1) is 10.4. The molecule has 0 fully saturated rings. The minimum atomic E-state index is -0.488. The van der Waals surface area contributed by atoms with Crippen LogP contribution in [0.25, 0.3) is 0 Å². The van der Waals surface area contributed by atoms with Crippen LogP contribution in [-0.4, -0.2) is 22.0 Å². The largest absolute Gasteiger partial charge is 0.623 e. The number of hydrogen-bond donors (Lipinski definition) is 0. The molecule has 0 unspecified atom stereocenters. The Morgan fingerprint density at radius 2 is 1.86 bits per heavy atom. The van der Waals surface area contributed by atoms with Crippen LogP contribution in [0, 0.1) is 5.21 Å². The summed E-state index contributed by atoms with van der Waals surface area (Å²) in [5.41, 5.74) is 0.734. The molecule has 0 radical (unpaired) electrons. The standard InChI is InChI=1S/C16H17NO3S2/c1-16(2,3)17(18)10-13-6-9-15(20-13)22-14-7-4-12(5-8-14)19-11-21/h4-11H,1-3H3. The van der Waals surface area contributed by atoms with Gasteiger partial charge < -0.3 is 14.4 Å². The Morgan fingerprint density at radius 3 is 2.45 bits per heavy atom. The summed E-state index contributed by atoms with van der Waals surface area (Å²) in [6, 6.07) is 11.1. The number of nitrogens with zero attached hydrogens (tertiary/aromatic N) is 1. The van der Waals surface area contributed by atoms with Gasteiger partial charge in [0.25, 0.3) is 0 Å². The van der Waals surface area contributed by atoms with Crippen LogP contribution in [0.5, 0.6) is 5.75 Å². The molecule has 0 atom stereocenters. The van der Waals surface area contributed by atoms with Crippen molar-refractivity contribution in [2.24, 2.45) is 0 Å². The highest BCUT2D eigenvalue weighted by Gasteiger charge is 2.19. The lowest BCUT2D eigenvalue weighted by molar-refractivity contribution is -0.530. The molecular formula is C16H17NO3S2. The molecule has 2 aromatic rings. The van der Waals surface area contributed by atoms with Crippen molar-refractivity contribution in [3.63, 3.8) is 0 Å². The first-order valence-electron chi connectivity index (χ1n) is 6.68. The second-order valence-corrected chi connectivity index (χ2v) is 6.84. The van der Waals surface area contributed by atoms with Crippen LogP contribution in [0.2, 0.25) is 0 Å². The van der Waals surface area contributed by atoms with E-state index in [0.717, 1.165) is 14.7 Å². The smallest absolute Gasteiger partial charge is 0.218 e. The number of furan rings is 1. The number of hydrogen-bond acceptors (Lipinski definition) is 5. The molecule has 116 valence electrons. The summed E-state index contributed by atoms with van der Waals surface area (Å²) in [5, 5.41) is 12.6. The molecule has 22 heavy (non-hydrogen) atoms. The lowest BCUT2D eigenvalue weighted by atomic mass is 10.1. The SMILES string of the molecule is CC(C)(C)[N+]([O-])=Cc1ccc(Sc2ccc(OC=S)cc2)o1. The third kappa shape index (κ3) is 4.61. The molecular weight excluding hydrogens is 318 g/mol. The summed E-state index contributed by atoms with van der Waals surface area (Å²) in [7, 11) is 0. The maximum Gasteiger partial charge on any atom is 0.218 e. The average molecular weight is 335 g/mol. The van der Waals surface area contributed by atoms with Gasteiger partial charge in [0.05, 0.1) is 0 Å². The molecule has 0 aliphatic heterocycles. The highest BCUT2D eigenvalue weighted by molar-refractivity contribution is 7.99. The van der Waals surface area contributed by atoms with Gasteiger partial charge in [-0.15, -0.1) is 0 Å². The highest BCUT2D eigenvalue weighted by atomic mass is 32.2. The van der Waals surface area contributed by atoms with Crippen LogP contribution in [-0.2, 0) is 0 Å². The van der Waals surface area contributed by atoms with Gasteiger partial charge in [-0.05, 0) is 48.6 Å². The van der Waals surface area contributed by atoms with Crippen LogP contribution in [0.1, 0.15) is 26.5 Å². The van der Waals surface area contributed by atoms with Crippen molar-refractivity contribution in [2.45, 2.75) is 36.3 Å². The maximum absolute atomic E-state index is 11.9.